The number of rotatable bonds is 5. The zero-order valence-electron chi connectivity index (χ0n) is 11.3. The second-order valence-corrected chi connectivity index (χ2v) is 6.64. The summed E-state index contributed by atoms with van der Waals surface area (Å²) in [7, 11) is 0. The molecule has 0 aliphatic heterocycles. The maximum atomic E-state index is 10.4. The molecule has 18 heavy (non-hydrogen) atoms. The van der Waals surface area contributed by atoms with Crippen molar-refractivity contribution in [1.29, 1.82) is 0 Å². The second-order valence-electron chi connectivity index (χ2n) is 5.17. The molecule has 0 saturated carbocycles. The highest BCUT2D eigenvalue weighted by molar-refractivity contribution is 7.99. The van der Waals surface area contributed by atoms with Crippen molar-refractivity contribution in [2.24, 2.45) is 0 Å². The fourth-order valence-corrected chi connectivity index (χ4v) is 3.51. The van der Waals surface area contributed by atoms with E-state index in [-0.39, 0.29) is 12.0 Å². The Balaban J connectivity index is 2.01. The topological polar surface area (TPSA) is 33.1 Å². The summed E-state index contributed by atoms with van der Waals surface area (Å²) in [5.41, 5.74) is 2.47. The molecule has 3 atom stereocenters. The molecule has 1 aliphatic carbocycles. The van der Waals surface area contributed by atoms with Crippen molar-refractivity contribution < 1.29 is 5.11 Å². The highest BCUT2D eigenvalue weighted by Gasteiger charge is 2.27. The van der Waals surface area contributed by atoms with E-state index in [1.54, 1.807) is 0 Å². The highest BCUT2D eigenvalue weighted by atomic mass is 32.2. The minimum absolute atomic E-state index is 0.242. The monoisotopic (exact) mass is 265 g/mol. The van der Waals surface area contributed by atoms with Crippen LogP contribution in [0.1, 0.15) is 50.3 Å². The van der Waals surface area contributed by atoms with Crippen molar-refractivity contribution in [1.82, 2.24) is 4.98 Å². The molecule has 0 radical (unpaired) electrons. The normalized spacial score (nSPS) is 22.3. The van der Waals surface area contributed by atoms with Crippen molar-refractivity contribution in [3.63, 3.8) is 0 Å². The van der Waals surface area contributed by atoms with Gasteiger partial charge >= 0.3 is 0 Å². The molecule has 1 heterocycles. The van der Waals surface area contributed by atoms with Gasteiger partial charge in [0.05, 0.1) is 6.10 Å². The fraction of sp³-hybridized carbons (Fsp3) is 0.667. The van der Waals surface area contributed by atoms with E-state index in [4.69, 9.17) is 0 Å². The summed E-state index contributed by atoms with van der Waals surface area (Å²) in [6.07, 6.45) is 6.13. The zero-order valence-corrected chi connectivity index (χ0v) is 12.1. The van der Waals surface area contributed by atoms with E-state index in [0.29, 0.717) is 5.25 Å². The fourth-order valence-electron chi connectivity index (χ4n) is 2.52. The Hall–Kier alpha value is -0.540. The summed E-state index contributed by atoms with van der Waals surface area (Å²) in [6, 6.07) is 4.16. The Kier molecular flexibility index (Phi) is 5.07. The molecule has 1 aliphatic rings. The van der Waals surface area contributed by atoms with Crippen LogP contribution in [0, 0.1) is 0 Å². The molecule has 0 aromatic carbocycles. The van der Waals surface area contributed by atoms with E-state index in [9.17, 15) is 5.11 Å². The number of pyridine rings is 1. The summed E-state index contributed by atoms with van der Waals surface area (Å²) in [5, 5.41) is 11.0. The van der Waals surface area contributed by atoms with Crippen molar-refractivity contribution in [2.45, 2.75) is 56.8 Å². The smallest absolute Gasteiger partial charge is 0.0714 e. The highest BCUT2D eigenvalue weighted by Crippen LogP contribution is 2.34. The lowest BCUT2D eigenvalue weighted by Gasteiger charge is -2.28. The predicted molar refractivity (Wildman–Crippen MR) is 78.1 cm³/mol. The average Bonchev–Trinajstić information content (AvgIpc) is 2.43. The second kappa shape index (κ2) is 6.58. The van der Waals surface area contributed by atoms with E-state index in [2.05, 4.69) is 24.9 Å². The SMILES string of the molecule is CCC(C)SCC(O)C1CCCc2cccnc21. The number of hydrogen-bond donors (Lipinski definition) is 1. The van der Waals surface area contributed by atoms with Crippen LogP contribution >= 0.6 is 11.8 Å². The van der Waals surface area contributed by atoms with Gasteiger partial charge in [0, 0.05) is 28.8 Å². The molecule has 0 amide bonds. The van der Waals surface area contributed by atoms with Gasteiger partial charge in [-0.3, -0.25) is 4.98 Å². The van der Waals surface area contributed by atoms with Gasteiger partial charge < -0.3 is 5.11 Å². The molecular weight excluding hydrogens is 242 g/mol. The van der Waals surface area contributed by atoms with Crippen LogP contribution in [0.5, 0.6) is 0 Å². The minimum atomic E-state index is -0.252. The molecule has 1 aromatic heterocycles. The van der Waals surface area contributed by atoms with Gasteiger partial charge in [-0.05, 0) is 37.3 Å². The lowest BCUT2D eigenvalue weighted by atomic mass is 9.84. The van der Waals surface area contributed by atoms with Crippen LogP contribution in [-0.4, -0.2) is 27.2 Å². The lowest BCUT2D eigenvalue weighted by Crippen LogP contribution is -2.26. The van der Waals surface area contributed by atoms with Crippen LogP contribution in [0.2, 0.25) is 0 Å². The molecule has 0 saturated heterocycles. The van der Waals surface area contributed by atoms with Crippen LogP contribution in [0.4, 0.5) is 0 Å². The molecule has 3 heteroatoms. The Bertz CT molecular complexity index is 383. The quantitative estimate of drug-likeness (QED) is 0.886. The molecule has 3 unspecified atom stereocenters. The van der Waals surface area contributed by atoms with E-state index in [1.165, 1.54) is 12.0 Å². The maximum Gasteiger partial charge on any atom is 0.0714 e. The van der Waals surface area contributed by atoms with Gasteiger partial charge in [-0.15, -0.1) is 0 Å². The largest absolute Gasteiger partial charge is 0.392 e. The van der Waals surface area contributed by atoms with Gasteiger partial charge in [0.1, 0.15) is 0 Å². The van der Waals surface area contributed by atoms with Gasteiger partial charge in [-0.2, -0.15) is 11.8 Å². The first kappa shape index (κ1) is 13.9. The van der Waals surface area contributed by atoms with E-state index in [1.807, 2.05) is 24.0 Å². The number of aliphatic hydroxyl groups is 1. The van der Waals surface area contributed by atoms with Gasteiger partial charge in [-0.25, -0.2) is 0 Å². The number of thioether (sulfide) groups is 1. The van der Waals surface area contributed by atoms with E-state index < -0.39 is 0 Å². The van der Waals surface area contributed by atoms with Gasteiger partial charge in [0.2, 0.25) is 0 Å². The van der Waals surface area contributed by atoms with Gasteiger partial charge in [0.15, 0.2) is 0 Å². The summed E-state index contributed by atoms with van der Waals surface area (Å²) in [5.74, 6) is 1.07. The molecule has 2 rings (SSSR count). The summed E-state index contributed by atoms with van der Waals surface area (Å²) in [4.78, 5) is 4.50. The Morgan fingerprint density at radius 3 is 3.17 bits per heavy atom. The van der Waals surface area contributed by atoms with Crippen molar-refractivity contribution in [3.8, 4) is 0 Å². The molecule has 0 bridgehead atoms. The Morgan fingerprint density at radius 1 is 1.56 bits per heavy atom. The molecular formula is C15H23NOS. The molecule has 1 aromatic rings. The number of aliphatic hydroxyl groups excluding tert-OH is 1. The lowest BCUT2D eigenvalue weighted by molar-refractivity contribution is 0.155. The van der Waals surface area contributed by atoms with Crippen LogP contribution in [0.25, 0.3) is 0 Å². The summed E-state index contributed by atoms with van der Waals surface area (Å²) < 4.78 is 0. The van der Waals surface area contributed by atoms with Crippen LogP contribution in [0.15, 0.2) is 18.3 Å². The Morgan fingerprint density at radius 2 is 2.39 bits per heavy atom. The molecule has 1 N–H and O–H groups in total. The third kappa shape index (κ3) is 3.27. The predicted octanol–water partition coefficient (Wildman–Crippen LogP) is 3.39. The molecule has 2 nitrogen and oxygen atoms in total. The molecule has 100 valence electrons. The van der Waals surface area contributed by atoms with Crippen molar-refractivity contribution in [3.05, 3.63) is 29.6 Å². The first-order valence-corrected chi connectivity index (χ1v) is 8.00. The number of hydrogen-bond acceptors (Lipinski definition) is 3. The van der Waals surface area contributed by atoms with Crippen LogP contribution in [0.3, 0.4) is 0 Å². The standard InChI is InChI=1S/C15H23NOS/c1-3-11(2)18-10-14(17)13-8-4-6-12-7-5-9-16-15(12)13/h5,7,9,11,13-14,17H,3-4,6,8,10H2,1-2H3. The van der Waals surface area contributed by atoms with Gasteiger partial charge in [0.25, 0.3) is 0 Å². The van der Waals surface area contributed by atoms with Crippen LogP contribution in [-0.2, 0) is 6.42 Å². The number of aryl methyl sites for hydroxylation is 1. The van der Waals surface area contributed by atoms with Gasteiger partial charge in [-0.1, -0.05) is 19.9 Å². The third-order valence-electron chi connectivity index (χ3n) is 3.83. The van der Waals surface area contributed by atoms with E-state index in [0.717, 1.165) is 30.7 Å². The first-order valence-electron chi connectivity index (χ1n) is 6.95. The number of fused-ring (bicyclic) bond motifs is 1. The molecule has 0 spiro atoms. The molecule has 0 fully saturated rings. The summed E-state index contributed by atoms with van der Waals surface area (Å²) >= 11 is 1.88. The third-order valence-corrected chi connectivity index (χ3v) is 5.27. The maximum absolute atomic E-state index is 10.4. The minimum Gasteiger partial charge on any atom is -0.392 e. The number of aromatic nitrogens is 1. The number of nitrogens with zero attached hydrogens (tertiary/aromatic N) is 1. The Labute approximate surface area is 114 Å². The van der Waals surface area contributed by atoms with E-state index >= 15 is 0 Å². The average molecular weight is 265 g/mol. The van der Waals surface area contributed by atoms with Crippen molar-refractivity contribution in [2.75, 3.05) is 5.75 Å². The van der Waals surface area contributed by atoms with Crippen molar-refractivity contribution >= 4 is 11.8 Å². The summed E-state index contributed by atoms with van der Waals surface area (Å²) in [6.45, 7) is 4.42. The first-order chi connectivity index (χ1) is 8.72. The zero-order chi connectivity index (χ0) is 13.0. The van der Waals surface area contributed by atoms with Crippen LogP contribution < -0.4 is 0 Å².